The topological polar surface area (TPSA) is 32.7 Å². The van der Waals surface area contributed by atoms with Crippen molar-refractivity contribution in [1.82, 2.24) is 4.90 Å². The Labute approximate surface area is 206 Å². The highest BCUT2D eigenvalue weighted by Crippen LogP contribution is 2.52. The first kappa shape index (κ1) is 22.0. The fraction of sp³-hybridized carbons (Fsp3) is 0.280. The van der Waals surface area contributed by atoms with Crippen LogP contribution in [0.4, 0.5) is 5.69 Å². The Morgan fingerprint density at radius 1 is 1.09 bits per heavy atom. The van der Waals surface area contributed by atoms with Crippen LogP contribution in [-0.4, -0.2) is 21.5 Å². The molecular formula is C25H22Cl2N2OS2. The minimum Gasteiger partial charge on any atom is -0.276 e. The smallest absolute Gasteiger partial charge is 0.263 e. The van der Waals surface area contributed by atoms with E-state index in [4.69, 9.17) is 28.2 Å². The van der Waals surface area contributed by atoms with E-state index in [2.05, 4.69) is 6.58 Å². The molecule has 7 heteroatoms. The monoisotopic (exact) mass is 500 g/mol. The van der Waals surface area contributed by atoms with Crippen LogP contribution < -0.4 is 0 Å². The number of nitrogens with zero attached hydrogens (tertiary/aromatic N) is 2. The highest BCUT2D eigenvalue weighted by molar-refractivity contribution is 8.17. The summed E-state index contributed by atoms with van der Waals surface area (Å²) in [5.41, 5.74) is 1.76. The Kier molecular flexibility index (Phi) is 5.87. The number of aliphatic imine (C=N–C) groups is 1. The zero-order chi connectivity index (χ0) is 22.5. The van der Waals surface area contributed by atoms with Crippen LogP contribution in [0.5, 0.6) is 0 Å². The zero-order valence-corrected chi connectivity index (χ0v) is 20.8. The van der Waals surface area contributed by atoms with Gasteiger partial charge in [-0.05, 0) is 37.5 Å². The molecule has 2 heterocycles. The molecule has 3 nitrogen and oxygen atoms in total. The molecule has 1 aliphatic carbocycles. The van der Waals surface area contributed by atoms with Crippen molar-refractivity contribution in [2.45, 2.75) is 44.6 Å². The summed E-state index contributed by atoms with van der Waals surface area (Å²) in [7, 11) is 0. The van der Waals surface area contributed by atoms with E-state index >= 15 is 0 Å². The van der Waals surface area contributed by atoms with Gasteiger partial charge in [-0.3, -0.25) is 9.69 Å². The van der Waals surface area contributed by atoms with Gasteiger partial charge in [-0.1, -0.05) is 91.1 Å². The van der Waals surface area contributed by atoms with Gasteiger partial charge in [-0.25, -0.2) is 4.99 Å². The fourth-order valence-electron chi connectivity index (χ4n) is 4.74. The molecule has 1 spiro atoms. The maximum absolute atomic E-state index is 14.2. The Balaban J connectivity index is 1.70. The van der Waals surface area contributed by atoms with Gasteiger partial charge < -0.3 is 0 Å². The fourth-order valence-corrected chi connectivity index (χ4v) is 7.55. The van der Waals surface area contributed by atoms with Gasteiger partial charge in [-0.2, -0.15) is 0 Å². The van der Waals surface area contributed by atoms with E-state index in [0.717, 1.165) is 46.2 Å². The number of carbonyl (C=O) groups is 1. The summed E-state index contributed by atoms with van der Waals surface area (Å²) in [6.45, 7) is 6.37. The molecular weight excluding hydrogens is 479 g/mol. The molecule has 3 aromatic rings. The predicted molar refractivity (Wildman–Crippen MR) is 139 cm³/mol. The summed E-state index contributed by atoms with van der Waals surface area (Å²) >= 11 is 16.1. The van der Waals surface area contributed by atoms with Crippen LogP contribution in [0.25, 0.3) is 10.1 Å². The lowest BCUT2D eigenvalue weighted by Gasteiger charge is -2.41. The van der Waals surface area contributed by atoms with E-state index in [-0.39, 0.29) is 5.91 Å². The van der Waals surface area contributed by atoms with Crippen molar-refractivity contribution in [2.75, 3.05) is 0 Å². The number of amides is 1. The second-order valence-corrected chi connectivity index (χ2v) is 11.4. The summed E-state index contributed by atoms with van der Waals surface area (Å²) in [5, 5.41) is 2.08. The summed E-state index contributed by atoms with van der Waals surface area (Å²) in [4.78, 5) is 22.0. The van der Waals surface area contributed by atoms with E-state index in [1.807, 2.05) is 54.3 Å². The summed E-state index contributed by atoms with van der Waals surface area (Å²) in [6.07, 6.45) is 5.04. The number of aryl methyl sites for hydroxylation is 1. The SMILES string of the molecule is C=C1SC(=Nc2c(C)cccc2Cl)N(C(=O)c2c(Cl)sc3ccccc23)C12CCCCC2. The van der Waals surface area contributed by atoms with Crippen molar-refractivity contribution in [2.24, 2.45) is 4.99 Å². The minimum atomic E-state index is -0.444. The average Bonchev–Trinajstić information content (AvgIpc) is 3.24. The van der Waals surface area contributed by atoms with Crippen LogP contribution in [0, 0.1) is 6.92 Å². The maximum Gasteiger partial charge on any atom is 0.263 e. The number of halogens is 2. The molecule has 1 aromatic heterocycles. The molecule has 164 valence electrons. The lowest BCUT2D eigenvalue weighted by atomic mass is 9.80. The maximum atomic E-state index is 14.2. The van der Waals surface area contributed by atoms with Gasteiger partial charge in [0.25, 0.3) is 5.91 Å². The number of rotatable bonds is 2. The lowest BCUT2D eigenvalue weighted by molar-refractivity contribution is 0.0704. The van der Waals surface area contributed by atoms with Crippen LogP contribution in [0.3, 0.4) is 0 Å². The van der Waals surface area contributed by atoms with E-state index in [1.165, 1.54) is 29.5 Å². The summed E-state index contributed by atoms with van der Waals surface area (Å²) < 4.78 is 1.52. The molecule has 2 fully saturated rings. The van der Waals surface area contributed by atoms with E-state index in [9.17, 15) is 4.79 Å². The molecule has 1 aliphatic heterocycles. The standard InChI is InChI=1S/C25H22Cl2N2OS2/c1-15-9-8-11-18(26)21(15)28-24-29(25(16(2)31-24)13-6-3-7-14-25)23(30)20-17-10-4-5-12-19(17)32-22(20)27/h4-5,8-12H,2-3,6-7,13-14H2,1H3. The van der Waals surface area contributed by atoms with Crippen molar-refractivity contribution in [1.29, 1.82) is 0 Å². The molecule has 0 atom stereocenters. The number of hydrogen-bond donors (Lipinski definition) is 0. The molecule has 32 heavy (non-hydrogen) atoms. The highest BCUT2D eigenvalue weighted by Gasteiger charge is 2.52. The largest absolute Gasteiger partial charge is 0.276 e. The van der Waals surface area contributed by atoms with E-state index in [0.29, 0.717) is 25.8 Å². The molecule has 0 bridgehead atoms. The van der Waals surface area contributed by atoms with Gasteiger partial charge in [0.2, 0.25) is 0 Å². The number of benzene rings is 2. The van der Waals surface area contributed by atoms with Crippen LogP contribution >= 0.6 is 46.3 Å². The zero-order valence-electron chi connectivity index (χ0n) is 17.7. The Bertz CT molecular complexity index is 1250. The van der Waals surface area contributed by atoms with Crippen molar-refractivity contribution in [3.8, 4) is 0 Å². The molecule has 2 aromatic carbocycles. The first-order valence-electron chi connectivity index (χ1n) is 10.6. The Morgan fingerprint density at radius 3 is 2.59 bits per heavy atom. The van der Waals surface area contributed by atoms with Crippen molar-refractivity contribution < 1.29 is 4.79 Å². The average molecular weight is 502 g/mol. The summed E-state index contributed by atoms with van der Waals surface area (Å²) in [6, 6.07) is 13.6. The molecule has 5 rings (SSSR count). The first-order valence-corrected chi connectivity index (χ1v) is 13.0. The number of thioether (sulfide) groups is 1. The molecule has 0 N–H and O–H groups in total. The number of carbonyl (C=O) groups excluding carboxylic acids is 1. The minimum absolute atomic E-state index is 0.107. The van der Waals surface area contributed by atoms with Crippen molar-refractivity contribution in [3.63, 3.8) is 0 Å². The van der Waals surface area contributed by atoms with Gasteiger partial charge >= 0.3 is 0 Å². The quantitative estimate of drug-likeness (QED) is 0.352. The molecule has 1 amide bonds. The Morgan fingerprint density at radius 2 is 1.84 bits per heavy atom. The van der Waals surface area contributed by atoms with E-state index < -0.39 is 5.54 Å². The summed E-state index contributed by atoms with van der Waals surface area (Å²) in [5.74, 6) is -0.107. The molecule has 1 saturated heterocycles. The lowest BCUT2D eigenvalue weighted by Crippen LogP contribution is -2.51. The van der Waals surface area contributed by atoms with Crippen LogP contribution in [0.1, 0.15) is 48.0 Å². The van der Waals surface area contributed by atoms with Gasteiger partial charge in [0, 0.05) is 15.0 Å². The first-order chi connectivity index (χ1) is 15.4. The van der Waals surface area contributed by atoms with Gasteiger partial charge in [0.05, 0.1) is 21.8 Å². The molecule has 2 aliphatic rings. The number of fused-ring (bicyclic) bond motifs is 1. The molecule has 0 radical (unpaired) electrons. The Hall–Kier alpha value is -1.79. The normalized spacial score (nSPS) is 19.4. The second kappa shape index (κ2) is 8.53. The van der Waals surface area contributed by atoms with Crippen molar-refractivity contribution in [3.05, 3.63) is 74.4 Å². The highest BCUT2D eigenvalue weighted by atomic mass is 35.5. The third-order valence-electron chi connectivity index (χ3n) is 6.40. The second-order valence-electron chi connectivity index (χ2n) is 8.30. The van der Waals surface area contributed by atoms with E-state index in [1.54, 1.807) is 0 Å². The number of para-hydroxylation sites is 1. The number of thiophene rings is 1. The third kappa shape index (κ3) is 3.50. The van der Waals surface area contributed by atoms with Crippen LogP contribution in [0.15, 0.2) is 58.9 Å². The van der Waals surface area contributed by atoms with Gasteiger partial charge in [-0.15, -0.1) is 11.3 Å². The predicted octanol–water partition coefficient (Wildman–Crippen LogP) is 8.61. The van der Waals surface area contributed by atoms with Crippen LogP contribution in [0.2, 0.25) is 9.36 Å². The van der Waals surface area contributed by atoms with Gasteiger partial charge in [0.1, 0.15) is 4.34 Å². The number of amidine groups is 1. The molecule has 0 unspecified atom stereocenters. The van der Waals surface area contributed by atoms with Crippen LogP contribution in [-0.2, 0) is 0 Å². The third-order valence-corrected chi connectivity index (χ3v) is 9.17. The van der Waals surface area contributed by atoms with Crippen molar-refractivity contribution >= 4 is 73.1 Å². The number of hydrogen-bond acceptors (Lipinski definition) is 4. The van der Waals surface area contributed by atoms with Gasteiger partial charge in [0.15, 0.2) is 5.17 Å². The molecule has 1 saturated carbocycles.